The van der Waals surface area contributed by atoms with E-state index in [-0.39, 0.29) is 28.6 Å². The Hall–Kier alpha value is -2.70. The summed E-state index contributed by atoms with van der Waals surface area (Å²) >= 11 is 0. The summed E-state index contributed by atoms with van der Waals surface area (Å²) in [4.78, 5) is 24.5. The van der Waals surface area contributed by atoms with Crippen LogP contribution in [0.1, 0.15) is 61.4 Å². The second-order valence-corrected chi connectivity index (χ2v) is 6.63. The minimum absolute atomic E-state index is 0.0425. The second-order valence-electron chi connectivity index (χ2n) is 6.63. The fraction of sp³-hybridized carbons (Fsp3) is 0.364. The van der Waals surface area contributed by atoms with Crippen molar-refractivity contribution in [2.45, 2.75) is 39.9 Å². The third kappa shape index (κ3) is 3.66. The van der Waals surface area contributed by atoms with Crippen LogP contribution in [0.3, 0.4) is 0 Å². The van der Waals surface area contributed by atoms with Gasteiger partial charge in [-0.2, -0.15) is 0 Å². The number of fused-ring (bicyclic) bond motifs is 2. The summed E-state index contributed by atoms with van der Waals surface area (Å²) in [6.07, 6.45) is -0.484. The van der Waals surface area contributed by atoms with Crippen molar-refractivity contribution in [1.82, 2.24) is 0 Å². The molecular weight excluding hydrogens is 360 g/mol. The molecule has 0 saturated heterocycles. The molecule has 1 heterocycles. The first kappa shape index (κ1) is 20.0. The lowest BCUT2D eigenvalue weighted by Crippen LogP contribution is -2.10. The predicted octanol–water partition coefficient (Wildman–Crippen LogP) is 4.84. The van der Waals surface area contributed by atoms with Gasteiger partial charge in [0.25, 0.3) is 0 Å². The van der Waals surface area contributed by atoms with Gasteiger partial charge in [0, 0.05) is 18.8 Å². The summed E-state index contributed by atoms with van der Waals surface area (Å²) in [6.45, 7) is 8.72. The van der Waals surface area contributed by atoms with Crippen LogP contribution in [0.5, 0.6) is 0 Å². The van der Waals surface area contributed by atoms with Gasteiger partial charge < -0.3 is 19.0 Å². The maximum atomic E-state index is 13.2. The van der Waals surface area contributed by atoms with Crippen molar-refractivity contribution in [1.29, 1.82) is 0 Å². The predicted molar refractivity (Wildman–Crippen MR) is 107 cm³/mol. The molecule has 0 fully saturated rings. The van der Waals surface area contributed by atoms with E-state index in [9.17, 15) is 14.7 Å². The number of rotatable bonds is 7. The van der Waals surface area contributed by atoms with Crippen molar-refractivity contribution in [3.63, 3.8) is 0 Å². The zero-order valence-corrected chi connectivity index (χ0v) is 16.4. The topological polar surface area (TPSA) is 86.0 Å². The Balaban J connectivity index is 2.36. The van der Waals surface area contributed by atoms with Crippen LogP contribution < -0.4 is 5.43 Å². The van der Waals surface area contributed by atoms with Gasteiger partial charge in [-0.15, -0.1) is 0 Å². The van der Waals surface area contributed by atoms with E-state index in [1.807, 2.05) is 33.8 Å². The van der Waals surface area contributed by atoms with E-state index in [4.69, 9.17) is 13.9 Å². The van der Waals surface area contributed by atoms with Crippen LogP contribution >= 0.6 is 0 Å². The molecule has 0 spiro atoms. The van der Waals surface area contributed by atoms with Gasteiger partial charge in [-0.05, 0) is 63.6 Å². The zero-order chi connectivity index (χ0) is 20.4. The second kappa shape index (κ2) is 8.12. The zero-order valence-electron chi connectivity index (χ0n) is 16.4. The Morgan fingerprint density at radius 2 is 1.71 bits per heavy atom. The summed E-state index contributed by atoms with van der Waals surface area (Å²) in [5, 5.41) is 9.86. The van der Waals surface area contributed by atoms with Crippen LogP contribution in [-0.2, 0) is 9.47 Å². The molecule has 0 radical (unpaired) electrons. The van der Waals surface area contributed by atoms with Gasteiger partial charge in [-0.3, -0.25) is 4.79 Å². The Bertz CT molecular complexity index is 1080. The third-order valence-electron chi connectivity index (χ3n) is 4.81. The molecule has 148 valence electrons. The van der Waals surface area contributed by atoms with Crippen LogP contribution in [0.25, 0.3) is 21.9 Å². The highest BCUT2D eigenvalue weighted by Crippen LogP contribution is 2.32. The number of ether oxygens (including phenoxy) is 2. The van der Waals surface area contributed by atoms with E-state index in [1.54, 1.807) is 6.07 Å². The van der Waals surface area contributed by atoms with Gasteiger partial charge in [-0.1, -0.05) is 0 Å². The molecule has 0 aliphatic carbocycles. The molecule has 2 atom stereocenters. The molecule has 0 aliphatic heterocycles. The number of hydrogen-bond acceptors (Lipinski definition) is 5. The Labute approximate surface area is 162 Å². The van der Waals surface area contributed by atoms with Gasteiger partial charge in [0.2, 0.25) is 5.43 Å². The molecule has 0 bridgehead atoms. The van der Waals surface area contributed by atoms with Gasteiger partial charge in [0.15, 0.2) is 0 Å². The minimum atomic E-state index is -1.09. The average Bonchev–Trinajstić information content (AvgIpc) is 2.67. The van der Waals surface area contributed by atoms with E-state index in [2.05, 4.69) is 0 Å². The average molecular weight is 384 g/mol. The highest BCUT2D eigenvalue weighted by atomic mass is 16.5. The third-order valence-corrected chi connectivity index (χ3v) is 4.81. The fourth-order valence-corrected chi connectivity index (χ4v) is 3.36. The molecule has 0 aliphatic rings. The highest BCUT2D eigenvalue weighted by Gasteiger charge is 2.20. The SMILES string of the molecule is CCOC(C)c1cc(C(C)OCC)c2oc3ccc(C(=O)O)cc3c(=O)c2c1. The smallest absolute Gasteiger partial charge is 0.335 e. The lowest BCUT2D eigenvalue weighted by molar-refractivity contribution is 0.0696. The van der Waals surface area contributed by atoms with Crippen LogP contribution in [0.2, 0.25) is 0 Å². The van der Waals surface area contributed by atoms with E-state index < -0.39 is 5.97 Å². The van der Waals surface area contributed by atoms with Gasteiger partial charge in [0.05, 0.1) is 28.5 Å². The number of aromatic carboxylic acids is 1. The molecule has 1 aromatic heterocycles. The van der Waals surface area contributed by atoms with Crippen LogP contribution in [0.4, 0.5) is 0 Å². The number of carboxylic acid groups (broad SMARTS) is 1. The highest BCUT2D eigenvalue weighted by molar-refractivity contribution is 5.96. The summed E-state index contributed by atoms with van der Waals surface area (Å²) in [5.74, 6) is -1.09. The number of hydrogen-bond donors (Lipinski definition) is 1. The summed E-state index contributed by atoms with van der Waals surface area (Å²) in [7, 11) is 0. The van der Waals surface area contributed by atoms with E-state index in [1.165, 1.54) is 18.2 Å². The lowest BCUT2D eigenvalue weighted by Gasteiger charge is -2.19. The minimum Gasteiger partial charge on any atom is -0.478 e. The molecule has 2 aromatic carbocycles. The van der Waals surface area contributed by atoms with Crippen LogP contribution in [0.15, 0.2) is 39.5 Å². The maximum absolute atomic E-state index is 13.2. The standard InChI is InChI=1S/C22H24O6/c1-5-26-12(3)15-10-16(13(4)27-6-2)21-18(11-15)20(23)17-9-14(22(24)25)7-8-19(17)28-21/h7-13H,5-6H2,1-4H3,(H,24,25). The fourth-order valence-electron chi connectivity index (χ4n) is 3.36. The van der Waals surface area contributed by atoms with Crippen LogP contribution in [-0.4, -0.2) is 24.3 Å². The molecule has 1 N–H and O–H groups in total. The first-order valence-corrected chi connectivity index (χ1v) is 9.38. The van der Waals surface area contributed by atoms with Crippen molar-refractivity contribution in [2.24, 2.45) is 0 Å². The van der Waals surface area contributed by atoms with Crippen molar-refractivity contribution in [3.8, 4) is 0 Å². The summed E-state index contributed by atoms with van der Waals surface area (Å²) in [6, 6.07) is 8.01. The van der Waals surface area contributed by atoms with E-state index in [0.717, 1.165) is 11.1 Å². The Morgan fingerprint density at radius 1 is 1.04 bits per heavy atom. The molecule has 0 saturated carbocycles. The molecule has 6 heteroatoms. The van der Waals surface area contributed by atoms with Gasteiger partial charge >= 0.3 is 5.97 Å². The number of carbonyl (C=O) groups is 1. The van der Waals surface area contributed by atoms with Crippen molar-refractivity contribution in [2.75, 3.05) is 13.2 Å². The molecular formula is C22H24O6. The first-order valence-electron chi connectivity index (χ1n) is 9.38. The monoisotopic (exact) mass is 384 g/mol. The Kier molecular flexibility index (Phi) is 5.82. The lowest BCUT2D eigenvalue weighted by atomic mass is 9.98. The molecule has 3 rings (SSSR count). The quantitative estimate of drug-likeness (QED) is 0.587. The largest absolute Gasteiger partial charge is 0.478 e. The first-order chi connectivity index (χ1) is 13.4. The van der Waals surface area contributed by atoms with Crippen molar-refractivity contribution >= 4 is 27.9 Å². The van der Waals surface area contributed by atoms with E-state index in [0.29, 0.717) is 29.8 Å². The van der Waals surface area contributed by atoms with Crippen LogP contribution in [0, 0.1) is 0 Å². The van der Waals surface area contributed by atoms with Crippen molar-refractivity contribution < 1.29 is 23.8 Å². The van der Waals surface area contributed by atoms with Gasteiger partial charge in [-0.25, -0.2) is 4.79 Å². The number of carboxylic acids is 1. The Morgan fingerprint density at radius 3 is 2.36 bits per heavy atom. The molecule has 28 heavy (non-hydrogen) atoms. The normalized spacial score (nSPS) is 13.7. The summed E-state index contributed by atoms with van der Waals surface area (Å²) < 4.78 is 17.5. The number of benzene rings is 2. The van der Waals surface area contributed by atoms with Crippen molar-refractivity contribution in [3.05, 3.63) is 57.2 Å². The molecule has 2 unspecified atom stereocenters. The maximum Gasteiger partial charge on any atom is 0.335 e. The molecule has 3 aromatic rings. The van der Waals surface area contributed by atoms with Gasteiger partial charge in [0.1, 0.15) is 11.2 Å². The molecule has 0 amide bonds. The summed E-state index contributed by atoms with van der Waals surface area (Å²) in [5.41, 5.74) is 2.18. The van der Waals surface area contributed by atoms with E-state index >= 15 is 0 Å². The molecule has 6 nitrogen and oxygen atoms in total.